The predicted octanol–water partition coefficient (Wildman–Crippen LogP) is 20.0. The van der Waals surface area contributed by atoms with Crippen LogP contribution < -0.4 is 0 Å². The zero-order chi connectivity index (χ0) is 45.7. The standard InChI is InChI=1S/C15H30.2C14H28.C13H26O/c1-14(2,3)12-10-8-7-9-11-13-15(4,5)6;2*1-13(2,3)11-9-7-8-10-12-14(4,5)6;1-12(2,3)9-7-8-10-14-11-13(4,5)6/h8,10H,7,9,11-13H2,1-6H3;2*7,9H,8,10-12H2,1-6H3;7-8H,9-11H2,1-6H3/b10-8+;2*9-7-;8-7-. The SMILES string of the molecule is CC(C)(C)C/C=C/CCCCC(C)(C)C.CC(C)(C)C/C=C\CCCC(C)(C)C.CC(C)(C)C/C=C\CCCC(C)(C)C.CC(C)(C)C/C=C\COCC(C)(C)C. The van der Waals surface area contributed by atoms with E-state index in [1.54, 1.807) is 0 Å². The maximum absolute atomic E-state index is 5.53. The summed E-state index contributed by atoms with van der Waals surface area (Å²) in [7, 11) is 0. The average molecular weight is 802 g/mol. The third kappa shape index (κ3) is 79.7. The molecule has 0 N–H and O–H groups in total. The Morgan fingerprint density at radius 1 is 0.263 bits per heavy atom. The molecule has 0 aromatic heterocycles. The van der Waals surface area contributed by atoms with Crippen LogP contribution in [0, 0.1) is 43.3 Å². The zero-order valence-corrected chi connectivity index (χ0v) is 44.3. The lowest BCUT2D eigenvalue weighted by atomic mass is 9.89. The van der Waals surface area contributed by atoms with Crippen molar-refractivity contribution in [2.45, 2.75) is 256 Å². The first-order valence-corrected chi connectivity index (χ1v) is 23.5. The summed E-state index contributed by atoms with van der Waals surface area (Å²) in [6.45, 7) is 56.3. The van der Waals surface area contributed by atoms with Crippen LogP contribution in [0.25, 0.3) is 0 Å². The molecule has 0 bridgehead atoms. The molecule has 342 valence electrons. The number of hydrogen-bond acceptors (Lipinski definition) is 1. The van der Waals surface area contributed by atoms with Crippen molar-refractivity contribution in [3.8, 4) is 0 Å². The van der Waals surface area contributed by atoms with Crippen molar-refractivity contribution in [1.82, 2.24) is 0 Å². The maximum atomic E-state index is 5.53. The van der Waals surface area contributed by atoms with E-state index in [4.69, 9.17) is 4.74 Å². The Labute approximate surface area is 364 Å². The van der Waals surface area contributed by atoms with E-state index in [2.05, 4.69) is 215 Å². The van der Waals surface area contributed by atoms with Crippen LogP contribution in [0.5, 0.6) is 0 Å². The van der Waals surface area contributed by atoms with Crippen LogP contribution in [0.4, 0.5) is 0 Å². The number of unbranched alkanes of at least 4 members (excludes halogenated alkanes) is 4. The molecule has 0 rings (SSSR count). The first-order chi connectivity index (χ1) is 25.3. The molecule has 0 aliphatic heterocycles. The van der Waals surface area contributed by atoms with Crippen LogP contribution in [-0.2, 0) is 4.74 Å². The van der Waals surface area contributed by atoms with E-state index >= 15 is 0 Å². The average Bonchev–Trinajstić information content (AvgIpc) is 2.95. The Bertz CT molecular complexity index is 905. The largest absolute Gasteiger partial charge is 0.377 e. The van der Waals surface area contributed by atoms with Gasteiger partial charge in [-0.2, -0.15) is 0 Å². The third-order valence-corrected chi connectivity index (χ3v) is 8.48. The van der Waals surface area contributed by atoms with Crippen LogP contribution in [0.15, 0.2) is 48.6 Å². The van der Waals surface area contributed by atoms with E-state index in [0.717, 1.165) is 19.6 Å². The van der Waals surface area contributed by atoms with Crippen molar-refractivity contribution in [3.63, 3.8) is 0 Å². The van der Waals surface area contributed by atoms with E-state index in [1.165, 1.54) is 83.5 Å². The molecule has 0 amide bonds. The van der Waals surface area contributed by atoms with Crippen molar-refractivity contribution < 1.29 is 4.74 Å². The molecule has 0 aliphatic rings. The van der Waals surface area contributed by atoms with Gasteiger partial charge < -0.3 is 4.74 Å². The van der Waals surface area contributed by atoms with E-state index in [-0.39, 0.29) is 5.41 Å². The summed E-state index contributed by atoms with van der Waals surface area (Å²) in [6, 6.07) is 0. The van der Waals surface area contributed by atoms with Gasteiger partial charge in [0.2, 0.25) is 0 Å². The summed E-state index contributed by atoms with van der Waals surface area (Å²) >= 11 is 0. The Morgan fingerprint density at radius 2 is 0.526 bits per heavy atom. The molecule has 0 spiro atoms. The fourth-order valence-corrected chi connectivity index (χ4v) is 5.02. The van der Waals surface area contributed by atoms with Crippen LogP contribution in [-0.4, -0.2) is 13.2 Å². The second-order valence-electron chi connectivity index (χ2n) is 26.7. The van der Waals surface area contributed by atoms with E-state index in [9.17, 15) is 0 Å². The van der Waals surface area contributed by atoms with Gasteiger partial charge >= 0.3 is 0 Å². The summed E-state index contributed by atoms with van der Waals surface area (Å²) in [4.78, 5) is 0. The molecule has 0 fully saturated rings. The van der Waals surface area contributed by atoms with Crippen molar-refractivity contribution in [3.05, 3.63) is 48.6 Å². The first kappa shape index (κ1) is 62.6. The van der Waals surface area contributed by atoms with Gasteiger partial charge in [-0.25, -0.2) is 0 Å². The van der Waals surface area contributed by atoms with Gasteiger partial charge in [0.15, 0.2) is 0 Å². The minimum absolute atomic E-state index is 0.276. The second kappa shape index (κ2) is 30.9. The minimum Gasteiger partial charge on any atom is -0.377 e. The smallest absolute Gasteiger partial charge is 0.0647 e. The van der Waals surface area contributed by atoms with Crippen molar-refractivity contribution in [2.24, 2.45) is 43.3 Å². The molecule has 0 radical (unpaired) electrons. The molecule has 0 atom stereocenters. The van der Waals surface area contributed by atoms with E-state index in [0.29, 0.717) is 37.9 Å². The highest BCUT2D eigenvalue weighted by Gasteiger charge is 2.12. The molecular formula is C56H112O. The van der Waals surface area contributed by atoms with Crippen molar-refractivity contribution >= 4 is 0 Å². The number of allylic oxidation sites excluding steroid dienone is 7. The Kier molecular flexibility index (Phi) is 33.9. The highest BCUT2D eigenvalue weighted by molar-refractivity contribution is 4.88. The molecule has 0 aromatic carbocycles. The van der Waals surface area contributed by atoms with Gasteiger partial charge in [0.25, 0.3) is 0 Å². The molecule has 0 aromatic rings. The van der Waals surface area contributed by atoms with Gasteiger partial charge in [-0.1, -0.05) is 221 Å². The van der Waals surface area contributed by atoms with Gasteiger partial charge in [0.05, 0.1) is 13.2 Å². The maximum Gasteiger partial charge on any atom is 0.0647 e. The molecule has 0 saturated heterocycles. The lowest BCUT2D eigenvalue weighted by molar-refractivity contribution is 0.0908. The molecule has 0 heterocycles. The Morgan fingerprint density at radius 3 is 0.789 bits per heavy atom. The summed E-state index contributed by atoms with van der Waals surface area (Å²) < 4.78 is 5.53. The van der Waals surface area contributed by atoms with Crippen molar-refractivity contribution in [1.29, 1.82) is 0 Å². The minimum atomic E-state index is 0.276. The van der Waals surface area contributed by atoms with E-state index in [1.807, 2.05) is 0 Å². The normalized spacial score (nSPS) is 13.8. The van der Waals surface area contributed by atoms with E-state index < -0.39 is 0 Å². The highest BCUT2D eigenvalue weighted by atomic mass is 16.5. The molecule has 57 heavy (non-hydrogen) atoms. The van der Waals surface area contributed by atoms with Crippen LogP contribution in [0.2, 0.25) is 0 Å². The van der Waals surface area contributed by atoms with Gasteiger partial charge in [-0.05, 0) is 127 Å². The number of hydrogen-bond donors (Lipinski definition) is 0. The Hall–Kier alpha value is -1.08. The molecule has 1 heteroatoms. The first-order valence-electron chi connectivity index (χ1n) is 23.5. The fraction of sp³-hybridized carbons (Fsp3) is 0.857. The van der Waals surface area contributed by atoms with Gasteiger partial charge in [0.1, 0.15) is 0 Å². The molecular weight excluding hydrogens is 689 g/mol. The highest BCUT2D eigenvalue weighted by Crippen LogP contribution is 2.25. The summed E-state index contributed by atoms with van der Waals surface area (Å²) in [5, 5.41) is 0. The molecule has 0 unspecified atom stereocenters. The number of ether oxygens (including phenoxy) is 1. The Balaban J connectivity index is -0.000000329. The summed E-state index contributed by atoms with van der Waals surface area (Å²) in [5.41, 5.74) is 3.51. The fourth-order valence-electron chi connectivity index (χ4n) is 5.02. The monoisotopic (exact) mass is 801 g/mol. The quantitative estimate of drug-likeness (QED) is 0.105. The van der Waals surface area contributed by atoms with Gasteiger partial charge in [-0.3, -0.25) is 0 Å². The third-order valence-electron chi connectivity index (χ3n) is 8.48. The zero-order valence-electron chi connectivity index (χ0n) is 44.3. The molecule has 0 saturated carbocycles. The second-order valence-corrected chi connectivity index (χ2v) is 26.7. The van der Waals surface area contributed by atoms with Gasteiger partial charge in [0, 0.05) is 0 Å². The predicted molar refractivity (Wildman–Crippen MR) is 268 cm³/mol. The summed E-state index contributed by atoms with van der Waals surface area (Å²) in [5.74, 6) is 0. The molecule has 0 aliphatic carbocycles. The van der Waals surface area contributed by atoms with Gasteiger partial charge in [-0.15, -0.1) is 0 Å². The van der Waals surface area contributed by atoms with Crippen molar-refractivity contribution in [2.75, 3.05) is 13.2 Å². The lowest BCUT2D eigenvalue weighted by Gasteiger charge is -2.17. The van der Waals surface area contributed by atoms with Crippen LogP contribution in [0.3, 0.4) is 0 Å². The van der Waals surface area contributed by atoms with Crippen LogP contribution in [0.1, 0.15) is 256 Å². The lowest BCUT2D eigenvalue weighted by Crippen LogP contribution is -2.14. The number of rotatable bonds is 17. The molecule has 1 nitrogen and oxygen atoms in total. The summed E-state index contributed by atoms with van der Waals surface area (Å²) in [6.07, 6.45) is 36.2. The van der Waals surface area contributed by atoms with Crippen LogP contribution >= 0.6 is 0 Å². The topological polar surface area (TPSA) is 9.23 Å².